The Hall–Kier alpha value is 0.290. The first kappa shape index (κ1) is 15.7. The quantitative estimate of drug-likeness (QED) is 0.530. The minimum absolute atomic E-state index is 0.0182. The monoisotopic (exact) mass is 465 g/mol. The Bertz CT molecular complexity index is 549. The number of rotatable bonds is 5. The topological polar surface area (TPSA) is 12.9 Å². The molecule has 2 rings (SSSR count). The molecule has 0 N–H and O–H groups in total. The van der Waals surface area contributed by atoms with Gasteiger partial charge in [-0.05, 0) is 18.6 Å². The van der Waals surface area contributed by atoms with E-state index in [1.807, 2.05) is 13.0 Å². The maximum Gasteiger partial charge on any atom is 0.0937 e. The van der Waals surface area contributed by atoms with Crippen molar-refractivity contribution in [2.24, 2.45) is 0 Å². The lowest BCUT2D eigenvalue weighted by Gasteiger charge is -2.31. The van der Waals surface area contributed by atoms with Gasteiger partial charge in [-0.25, -0.2) is 4.98 Å². The Kier molecular flexibility index (Phi) is 5.64. The van der Waals surface area contributed by atoms with Crippen molar-refractivity contribution in [1.82, 2.24) is 4.98 Å². The summed E-state index contributed by atoms with van der Waals surface area (Å²) in [5.41, 5.74) is 2.44. The summed E-state index contributed by atoms with van der Waals surface area (Å²) < 4.78 is 1.15. The highest BCUT2D eigenvalue weighted by molar-refractivity contribution is 9.10. The first-order valence-electron chi connectivity index (χ1n) is 5.89. The molecule has 2 aromatic rings. The molecule has 0 aliphatic rings. The third-order valence-electron chi connectivity index (χ3n) is 3.11. The molecule has 102 valence electrons. The summed E-state index contributed by atoms with van der Waals surface area (Å²) in [6.07, 6.45) is 0.935. The minimum Gasteiger partial charge on any atom is -0.247 e. The van der Waals surface area contributed by atoms with E-state index in [1.165, 1.54) is 10.6 Å². The van der Waals surface area contributed by atoms with E-state index in [0.29, 0.717) is 0 Å². The van der Waals surface area contributed by atoms with Crippen molar-refractivity contribution >= 4 is 59.1 Å². The van der Waals surface area contributed by atoms with Gasteiger partial charge in [-0.3, -0.25) is 0 Å². The average molecular weight is 468 g/mol. The lowest BCUT2D eigenvalue weighted by atomic mass is 9.81. The summed E-state index contributed by atoms with van der Waals surface area (Å²) in [4.78, 5) is 4.61. The van der Waals surface area contributed by atoms with Crippen LogP contribution >= 0.6 is 59.1 Å². The highest BCUT2D eigenvalue weighted by atomic mass is 79.9. The number of aryl methyl sites for hydroxylation is 1. The molecule has 0 unspecified atom stereocenters. The fraction of sp³-hybridized carbons (Fsp3) is 0.357. The van der Waals surface area contributed by atoms with Crippen molar-refractivity contribution in [3.05, 3.63) is 50.4 Å². The summed E-state index contributed by atoms with van der Waals surface area (Å²) in [5.74, 6) is 0. The fourth-order valence-electron chi connectivity index (χ4n) is 2.03. The minimum atomic E-state index is 0.0182. The van der Waals surface area contributed by atoms with E-state index in [-0.39, 0.29) is 5.41 Å². The van der Waals surface area contributed by atoms with Crippen molar-refractivity contribution in [2.75, 3.05) is 10.7 Å². The molecule has 0 saturated carbocycles. The van der Waals surface area contributed by atoms with Crippen LogP contribution in [0.2, 0.25) is 0 Å². The second kappa shape index (κ2) is 6.83. The van der Waals surface area contributed by atoms with Crippen molar-refractivity contribution in [3.8, 4) is 0 Å². The molecule has 1 heterocycles. The number of hydrogen-bond donors (Lipinski definition) is 0. The van der Waals surface area contributed by atoms with Gasteiger partial charge in [0.15, 0.2) is 0 Å². The molecule has 1 aromatic carbocycles. The van der Waals surface area contributed by atoms with E-state index in [1.54, 1.807) is 11.3 Å². The number of thiazole rings is 1. The van der Waals surface area contributed by atoms with Crippen LogP contribution in [-0.2, 0) is 11.8 Å². The van der Waals surface area contributed by atoms with Gasteiger partial charge in [0.05, 0.1) is 5.01 Å². The molecule has 1 nitrogen and oxygen atoms in total. The molecule has 0 bridgehead atoms. The molecule has 0 spiro atoms. The molecule has 0 fully saturated rings. The van der Waals surface area contributed by atoms with E-state index in [4.69, 9.17) is 0 Å². The van der Waals surface area contributed by atoms with Crippen LogP contribution in [-0.4, -0.2) is 15.6 Å². The van der Waals surface area contributed by atoms with Crippen molar-refractivity contribution in [3.63, 3.8) is 0 Å². The second-order valence-corrected chi connectivity index (χ2v) is 7.51. The highest BCUT2D eigenvalue weighted by Gasteiger charge is 2.33. The molecule has 19 heavy (non-hydrogen) atoms. The SMILES string of the molecule is Cc1csc(CC(CBr)(CBr)c2ccccc2Br)n1. The molecule has 0 aliphatic heterocycles. The van der Waals surface area contributed by atoms with Crippen LogP contribution < -0.4 is 0 Å². The predicted molar refractivity (Wildman–Crippen MR) is 94.0 cm³/mol. The van der Waals surface area contributed by atoms with Crippen LogP contribution in [0.3, 0.4) is 0 Å². The Morgan fingerprint density at radius 3 is 2.42 bits per heavy atom. The lowest BCUT2D eigenvalue weighted by molar-refractivity contribution is 0.546. The standard InChI is InChI=1S/C14H14Br3NS/c1-10-7-19-13(18-10)6-14(8-15,9-16)11-4-2-3-5-12(11)17/h2-5,7H,6,8-9H2,1H3. The lowest BCUT2D eigenvalue weighted by Crippen LogP contribution is -2.33. The van der Waals surface area contributed by atoms with Gasteiger partial charge in [-0.15, -0.1) is 11.3 Å². The normalized spacial score (nSPS) is 11.8. The summed E-state index contributed by atoms with van der Waals surface area (Å²) >= 11 is 12.8. The van der Waals surface area contributed by atoms with E-state index < -0.39 is 0 Å². The first-order valence-corrected chi connectivity index (χ1v) is 9.81. The van der Waals surface area contributed by atoms with Gasteiger partial charge >= 0.3 is 0 Å². The smallest absolute Gasteiger partial charge is 0.0937 e. The van der Waals surface area contributed by atoms with Crippen LogP contribution in [0.15, 0.2) is 34.1 Å². The van der Waals surface area contributed by atoms with Crippen LogP contribution in [0.25, 0.3) is 0 Å². The molecular weight excluding hydrogens is 454 g/mol. The largest absolute Gasteiger partial charge is 0.247 e. The summed E-state index contributed by atoms with van der Waals surface area (Å²) in [5, 5.41) is 5.09. The van der Waals surface area contributed by atoms with E-state index in [9.17, 15) is 0 Å². The number of alkyl halides is 2. The molecule has 0 amide bonds. The van der Waals surface area contributed by atoms with Crippen LogP contribution in [0, 0.1) is 6.92 Å². The van der Waals surface area contributed by atoms with Crippen molar-refractivity contribution in [1.29, 1.82) is 0 Å². The maximum atomic E-state index is 4.61. The van der Waals surface area contributed by atoms with Gasteiger partial charge in [0.25, 0.3) is 0 Å². The van der Waals surface area contributed by atoms with E-state index >= 15 is 0 Å². The second-order valence-electron chi connectivity index (χ2n) is 4.59. The highest BCUT2D eigenvalue weighted by Crippen LogP contribution is 2.37. The molecule has 5 heteroatoms. The predicted octanol–water partition coefficient (Wildman–Crippen LogP) is 5.48. The Labute approximate surface area is 143 Å². The Morgan fingerprint density at radius 1 is 1.21 bits per heavy atom. The molecular formula is C14H14Br3NS. The fourth-order valence-corrected chi connectivity index (χ4v) is 5.58. The number of aromatic nitrogens is 1. The number of nitrogens with zero attached hydrogens (tertiary/aromatic N) is 1. The van der Waals surface area contributed by atoms with Crippen molar-refractivity contribution < 1.29 is 0 Å². The zero-order valence-electron chi connectivity index (χ0n) is 10.5. The van der Waals surface area contributed by atoms with Gasteiger partial charge in [0.1, 0.15) is 0 Å². The van der Waals surface area contributed by atoms with E-state index in [2.05, 4.69) is 76.4 Å². The van der Waals surface area contributed by atoms with Crippen LogP contribution in [0.1, 0.15) is 16.3 Å². The first-order chi connectivity index (χ1) is 9.11. The number of halogens is 3. The van der Waals surface area contributed by atoms with Crippen LogP contribution in [0.4, 0.5) is 0 Å². The van der Waals surface area contributed by atoms with E-state index in [0.717, 1.165) is 27.2 Å². The summed E-state index contributed by atoms with van der Waals surface area (Å²) in [6, 6.07) is 8.43. The zero-order chi connectivity index (χ0) is 13.9. The molecule has 0 aliphatic carbocycles. The number of benzene rings is 1. The van der Waals surface area contributed by atoms with Gasteiger partial charge in [-0.2, -0.15) is 0 Å². The zero-order valence-corrected chi connectivity index (χ0v) is 16.1. The Morgan fingerprint density at radius 2 is 1.89 bits per heavy atom. The summed E-state index contributed by atoms with van der Waals surface area (Å²) in [6.45, 7) is 2.04. The van der Waals surface area contributed by atoms with Gasteiger partial charge < -0.3 is 0 Å². The molecule has 0 atom stereocenters. The number of hydrogen-bond acceptors (Lipinski definition) is 2. The third kappa shape index (κ3) is 3.49. The molecule has 0 radical (unpaired) electrons. The third-order valence-corrected chi connectivity index (χ3v) is 6.92. The summed E-state index contributed by atoms with van der Waals surface area (Å²) in [7, 11) is 0. The van der Waals surface area contributed by atoms with Gasteiger partial charge in [0.2, 0.25) is 0 Å². The van der Waals surface area contributed by atoms with Crippen molar-refractivity contribution in [2.45, 2.75) is 18.8 Å². The maximum absolute atomic E-state index is 4.61. The molecule has 0 saturated heterocycles. The average Bonchev–Trinajstić information content (AvgIpc) is 2.82. The van der Waals surface area contributed by atoms with Crippen LogP contribution in [0.5, 0.6) is 0 Å². The van der Waals surface area contributed by atoms with Gasteiger partial charge in [0, 0.05) is 38.0 Å². The Balaban J connectivity index is 2.40. The molecule has 1 aromatic heterocycles. The van der Waals surface area contributed by atoms with Gasteiger partial charge in [-0.1, -0.05) is 66.0 Å².